The molecule has 1 aromatic carbocycles. The monoisotopic (exact) mass is 245 g/mol. The third-order valence-corrected chi connectivity index (χ3v) is 3.38. The molecule has 4 heteroatoms. The number of hydrogen-bond acceptors (Lipinski definition) is 1. The number of halogens is 3. The van der Waals surface area contributed by atoms with Crippen LogP contribution in [0.25, 0.3) is 0 Å². The van der Waals surface area contributed by atoms with Crippen molar-refractivity contribution < 1.29 is 8.78 Å². The lowest BCUT2D eigenvalue weighted by Crippen LogP contribution is -2.33. The van der Waals surface area contributed by atoms with Crippen molar-refractivity contribution in [2.45, 2.75) is 24.8 Å². The Morgan fingerprint density at radius 2 is 1.94 bits per heavy atom. The van der Waals surface area contributed by atoms with Crippen LogP contribution in [0.1, 0.15) is 18.4 Å². The van der Waals surface area contributed by atoms with Crippen LogP contribution >= 0.6 is 11.6 Å². The minimum absolute atomic E-state index is 0.230. The van der Waals surface area contributed by atoms with Gasteiger partial charge in [-0.05, 0) is 32.0 Å². The molecule has 2 rings (SSSR count). The smallest absolute Gasteiger partial charge is 0.163 e. The molecule has 1 heterocycles. The van der Waals surface area contributed by atoms with Gasteiger partial charge >= 0.3 is 0 Å². The lowest BCUT2D eigenvalue weighted by molar-refractivity contribution is 0.220. The molecule has 0 aromatic heterocycles. The number of rotatable bonds is 2. The number of likely N-dealkylation sites (tertiary alicyclic amines) is 1. The predicted octanol–water partition coefficient (Wildman–Crippen LogP) is 3.17. The normalized spacial score (nSPS) is 18.9. The summed E-state index contributed by atoms with van der Waals surface area (Å²) in [6.07, 6.45) is 1.83. The highest BCUT2D eigenvalue weighted by atomic mass is 35.5. The van der Waals surface area contributed by atoms with Crippen molar-refractivity contribution in [3.05, 3.63) is 35.4 Å². The molecular weight excluding hydrogens is 232 g/mol. The highest BCUT2D eigenvalue weighted by molar-refractivity contribution is 6.20. The third kappa shape index (κ3) is 2.71. The maximum atomic E-state index is 13.4. The molecule has 0 saturated carbocycles. The molecule has 0 radical (unpaired) electrons. The van der Waals surface area contributed by atoms with Crippen molar-refractivity contribution >= 4 is 11.6 Å². The summed E-state index contributed by atoms with van der Waals surface area (Å²) >= 11 is 5.98. The largest absolute Gasteiger partial charge is 0.299 e. The van der Waals surface area contributed by atoms with Crippen LogP contribution < -0.4 is 0 Å². The minimum atomic E-state index is -0.773. The highest BCUT2D eigenvalue weighted by Crippen LogP contribution is 2.19. The Hall–Kier alpha value is -0.670. The van der Waals surface area contributed by atoms with E-state index in [1.165, 1.54) is 0 Å². The first-order chi connectivity index (χ1) is 7.66. The fourth-order valence-electron chi connectivity index (χ4n) is 1.97. The van der Waals surface area contributed by atoms with E-state index in [1.807, 2.05) is 0 Å². The van der Waals surface area contributed by atoms with E-state index in [0.717, 1.165) is 32.0 Å². The lowest BCUT2D eigenvalue weighted by atomic mass is 10.1. The summed E-state index contributed by atoms with van der Waals surface area (Å²) in [4.78, 5) is 2.11. The standard InChI is InChI=1S/C12H14ClF2N/c13-10-4-6-16(7-5-10)8-9-2-1-3-11(14)12(9)15/h1-3,10H,4-8H2. The second-order valence-corrected chi connectivity index (χ2v) is 4.78. The zero-order valence-corrected chi connectivity index (χ0v) is 9.68. The summed E-state index contributed by atoms with van der Waals surface area (Å²) in [5, 5.41) is 0.230. The maximum Gasteiger partial charge on any atom is 0.163 e. The molecule has 1 aliphatic heterocycles. The molecule has 1 fully saturated rings. The lowest BCUT2D eigenvalue weighted by Gasteiger charge is -2.29. The Morgan fingerprint density at radius 1 is 1.25 bits per heavy atom. The van der Waals surface area contributed by atoms with Crippen LogP contribution in [0.4, 0.5) is 8.78 Å². The molecule has 0 atom stereocenters. The minimum Gasteiger partial charge on any atom is -0.299 e. The fourth-order valence-corrected chi connectivity index (χ4v) is 2.17. The number of hydrogen-bond donors (Lipinski definition) is 0. The van der Waals surface area contributed by atoms with Crippen molar-refractivity contribution in [1.29, 1.82) is 0 Å². The molecule has 0 spiro atoms. The van der Waals surface area contributed by atoms with Crippen molar-refractivity contribution in [1.82, 2.24) is 4.90 Å². The zero-order valence-electron chi connectivity index (χ0n) is 8.93. The molecule has 0 bridgehead atoms. The van der Waals surface area contributed by atoms with Crippen LogP contribution in [-0.2, 0) is 6.54 Å². The summed E-state index contributed by atoms with van der Waals surface area (Å²) in [5.41, 5.74) is 0.424. The van der Waals surface area contributed by atoms with Crippen LogP contribution in [0, 0.1) is 11.6 Å². The Kier molecular flexibility index (Phi) is 3.77. The predicted molar refractivity (Wildman–Crippen MR) is 60.5 cm³/mol. The number of alkyl halides is 1. The van der Waals surface area contributed by atoms with Gasteiger partial charge in [0.15, 0.2) is 11.6 Å². The summed E-state index contributed by atoms with van der Waals surface area (Å²) in [6.45, 7) is 2.17. The van der Waals surface area contributed by atoms with Crippen LogP contribution in [-0.4, -0.2) is 23.4 Å². The van der Waals surface area contributed by atoms with Crippen LogP contribution in [0.2, 0.25) is 0 Å². The van der Waals surface area contributed by atoms with Gasteiger partial charge < -0.3 is 0 Å². The van der Waals surface area contributed by atoms with Gasteiger partial charge in [-0.3, -0.25) is 4.90 Å². The summed E-state index contributed by atoms with van der Waals surface area (Å²) in [7, 11) is 0. The molecule has 16 heavy (non-hydrogen) atoms. The second kappa shape index (κ2) is 5.11. The molecule has 0 aliphatic carbocycles. The number of benzene rings is 1. The maximum absolute atomic E-state index is 13.4. The van der Waals surface area contributed by atoms with Gasteiger partial charge in [-0.15, -0.1) is 11.6 Å². The summed E-state index contributed by atoms with van der Waals surface area (Å²) in [6, 6.07) is 4.32. The van der Waals surface area contributed by atoms with Crippen LogP contribution in [0.3, 0.4) is 0 Å². The second-order valence-electron chi connectivity index (χ2n) is 4.16. The molecule has 0 unspecified atom stereocenters. The quantitative estimate of drug-likeness (QED) is 0.724. The molecule has 1 nitrogen and oxygen atoms in total. The van der Waals surface area contributed by atoms with Gasteiger partial charge in [0.1, 0.15) is 0 Å². The Balaban J connectivity index is 2.01. The fraction of sp³-hybridized carbons (Fsp3) is 0.500. The van der Waals surface area contributed by atoms with Gasteiger partial charge in [0, 0.05) is 17.5 Å². The first-order valence-corrected chi connectivity index (χ1v) is 5.90. The van der Waals surface area contributed by atoms with Crippen LogP contribution in [0.5, 0.6) is 0 Å². The van der Waals surface area contributed by atoms with Crippen molar-refractivity contribution in [2.75, 3.05) is 13.1 Å². The molecule has 1 aliphatic rings. The van der Waals surface area contributed by atoms with E-state index in [9.17, 15) is 8.78 Å². The van der Waals surface area contributed by atoms with Gasteiger partial charge in [0.2, 0.25) is 0 Å². The first kappa shape index (κ1) is 11.8. The zero-order chi connectivity index (χ0) is 11.5. The molecule has 0 N–H and O–H groups in total. The van der Waals surface area contributed by atoms with E-state index in [-0.39, 0.29) is 5.38 Å². The number of nitrogens with zero attached hydrogens (tertiary/aromatic N) is 1. The molecule has 88 valence electrons. The average Bonchev–Trinajstić information content (AvgIpc) is 2.28. The molecular formula is C12H14ClF2N. The Morgan fingerprint density at radius 3 is 2.62 bits per heavy atom. The van der Waals surface area contributed by atoms with E-state index >= 15 is 0 Å². The van der Waals surface area contributed by atoms with E-state index < -0.39 is 11.6 Å². The summed E-state index contributed by atoms with van der Waals surface area (Å²) in [5.74, 6) is -1.50. The highest BCUT2D eigenvalue weighted by Gasteiger charge is 2.18. The van der Waals surface area contributed by atoms with Crippen molar-refractivity contribution in [3.8, 4) is 0 Å². The van der Waals surface area contributed by atoms with E-state index in [1.54, 1.807) is 12.1 Å². The van der Waals surface area contributed by atoms with Gasteiger partial charge in [-0.1, -0.05) is 12.1 Å². The van der Waals surface area contributed by atoms with E-state index in [2.05, 4.69) is 4.90 Å². The van der Waals surface area contributed by atoms with Gasteiger partial charge in [-0.2, -0.15) is 0 Å². The first-order valence-electron chi connectivity index (χ1n) is 5.46. The van der Waals surface area contributed by atoms with Crippen LogP contribution in [0.15, 0.2) is 18.2 Å². The molecule has 0 amide bonds. The van der Waals surface area contributed by atoms with Gasteiger partial charge in [-0.25, -0.2) is 8.78 Å². The van der Waals surface area contributed by atoms with Crippen molar-refractivity contribution in [2.24, 2.45) is 0 Å². The average molecular weight is 246 g/mol. The Labute approximate surface area is 99.0 Å². The molecule has 1 saturated heterocycles. The van der Waals surface area contributed by atoms with Crippen molar-refractivity contribution in [3.63, 3.8) is 0 Å². The van der Waals surface area contributed by atoms with Gasteiger partial charge in [0.05, 0.1) is 0 Å². The SMILES string of the molecule is Fc1cccc(CN2CCC(Cl)CC2)c1F. The Bertz CT molecular complexity index is 362. The molecule has 1 aromatic rings. The van der Waals surface area contributed by atoms with E-state index in [0.29, 0.717) is 12.1 Å². The third-order valence-electron chi connectivity index (χ3n) is 2.94. The van der Waals surface area contributed by atoms with E-state index in [4.69, 9.17) is 11.6 Å². The summed E-state index contributed by atoms with van der Waals surface area (Å²) < 4.78 is 26.4. The topological polar surface area (TPSA) is 3.24 Å². The number of piperidine rings is 1. The van der Waals surface area contributed by atoms with Gasteiger partial charge in [0.25, 0.3) is 0 Å².